The maximum Gasteiger partial charge on any atom is 0.701 e. The largest absolute Gasteiger partial charge is 0.701 e. The molecule has 0 aliphatic rings. The highest BCUT2D eigenvalue weighted by Gasteiger charge is 2.22. The molecule has 0 amide bonds. The highest BCUT2D eigenvalue weighted by atomic mass is 31.1. The van der Waals surface area contributed by atoms with E-state index in [0.29, 0.717) is 0 Å². The van der Waals surface area contributed by atoms with Gasteiger partial charge >= 0.3 is 8.25 Å². The maximum absolute atomic E-state index is 12.9. The molecule has 0 aliphatic carbocycles. The van der Waals surface area contributed by atoms with Crippen LogP contribution in [0.5, 0.6) is 0 Å². The smallest absolute Gasteiger partial charge is 0.348 e. The van der Waals surface area contributed by atoms with Gasteiger partial charge in [0.1, 0.15) is 11.6 Å². The summed E-state index contributed by atoms with van der Waals surface area (Å²) in [6, 6.07) is 11.7. The molecule has 0 fully saturated rings. The molecule has 5 nitrogen and oxygen atoms in total. The van der Waals surface area contributed by atoms with Crippen molar-refractivity contribution in [2.45, 2.75) is 0 Å². The second-order valence-electron chi connectivity index (χ2n) is 5.09. The predicted molar refractivity (Wildman–Crippen MR) is 89.1 cm³/mol. The molecule has 0 bridgehead atoms. The number of benzene rings is 2. The normalized spacial score (nSPS) is 10.5. The van der Waals surface area contributed by atoms with Crippen LogP contribution in [0.3, 0.4) is 0 Å². The maximum atomic E-state index is 12.9. The quantitative estimate of drug-likeness (QED) is 0.526. The summed E-state index contributed by atoms with van der Waals surface area (Å²) in [7, 11) is 1.13. The summed E-state index contributed by atoms with van der Waals surface area (Å²) in [5.41, 5.74) is 1.45. The number of nitrogens with zero attached hydrogens (tertiary/aromatic N) is 2. The van der Waals surface area contributed by atoms with Crippen molar-refractivity contribution in [1.29, 1.82) is 0 Å². The topological polar surface area (TPSA) is 42.0 Å². The summed E-state index contributed by atoms with van der Waals surface area (Å²) in [5, 5.41) is 0. The van der Waals surface area contributed by atoms with Gasteiger partial charge < -0.3 is 9.80 Å². The number of hydrogen-bond acceptors (Lipinski definition) is 5. The monoisotopic (exact) mass is 355 g/mol. The summed E-state index contributed by atoms with van der Waals surface area (Å²) in [6.07, 6.45) is 0. The third-order valence-corrected chi connectivity index (χ3v) is 3.90. The van der Waals surface area contributed by atoms with Gasteiger partial charge in [-0.05, 0) is 48.5 Å². The molecule has 2 aromatic carbocycles. The lowest BCUT2D eigenvalue weighted by atomic mass is 10.3. The Morgan fingerprint density at radius 2 is 1.12 bits per heavy atom. The third kappa shape index (κ3) is 5.53. The highest BCUT2D eigenvalue weighted by Crippen LogP contribution is 2.26. The molecule has 0 saturated heterocycles. The fourth-order valence-corrected chi connectivity index (χ4v) is 2.45. The molecule has 0 heterocycles. The lowest BCUT2D eigenvalue weighted by Gasteiger charge is -2.16. The van der Waals surface area contributed by atoms with Crippen LogP contribution in [0.25, 0.3) is 0 Å². The van der Waals surface area contributed by atoms with Gasteiger partial charge in [0.25, 0.3) is 0 Å². The van der Waals surface area contributed by atoms with Crippen molar-refractivity contribution in [1.82, 2.24) is 0 Å². The minimum Gasteiger partial charge on any atom is -0.348 e. The Balaban J connectivity index is 1.74. The zero-order chi connectivity index (χ0) is 17.5. The molecule has 0 atom stereocenters. The number of anilines is 2. The third-order valence-electron chi connectivity index (χ3n) is 3.25. The van der Waals surface area contributed by atoms with Crippen LogP contribution < -0.4 is 9.80 Å². The highest BCUT2D eigenvalue weighted by molar-refractivity contribution is 7.33. The van der Waals surface area contributed by atoms with E-state index < -0.39 is 8.25 Å². The van der Waals surface area contributed by atoms with E-state index in [9.17, 15) is 13.3 Å². The molecular formula is C16H18F2N2O3P+. The van der Waals surface area contributed by atoms with Crippen LogP contribution >= 0.6 is 8.25 Å². The molecule has 0 unspecified atom stereocenters. The minimum absolute atomic E-state index is 0.0289. The van der Waals surface area contributed by atoms with Gasteiger partial charge in [0.15, 0.2) is 13.5 Å². The first-order chi connectivity index (χ1) is 11.5. The molecule has 2 aromatic rings. The second kappa shape index (κ2) is 8.68. The molecule has 0 aromatic heterocycles. The molecule has 128 valence electrons. The summed E-state index contributed by atoms with van der Waals surface area (Å²) >= 11 is 0. The van der Waals surface area contributed by atoms with E-state index >= 15 is 0 Å². The number of hydrogen-bond donors (Lipinski definition) is 0. The molecule has 2 rings (SSSR count). The summed E-state index contributed by atoms with van der Waals surface area (Å²) < 4.78 is 47.7. The molecule has 0 saturated carbocycles. The van der Waals surface area contributed by atoms with Gasteiger partial charge in [0.05, 0.1) is 0 Å². The van der Waals surface area contributed by atoms with E-state index in [4.69, 9.17) is 9.05 Å². The average molecular weight is 355 g/mol. The lowest BCUT2D eigenvalue weighted by Crippen LogP contribution is -2.21. The van der Waals surface area contributed by atoms with Crippen molar-refractivity contribution in [2.75, 3.05) is 37.4 Å². The zero-order valence-corrected chi connectivity index (χ0v) is 14.2. The summed E-state index contributed by atoms with van der Waals surface area (Å²) in [5.74, 6) is -0.655. The Morgan fingerprint density at radius 3 is 1.46 bits per heavy atom. The molecular weight excluding hydrogens is 337 g/mol. The van der Waals surface area contributed by atoms with Crippen molar-refractivity contribution < 1.29 is 22.4 Å². The molecule has 0 spiro atoms. The van der Waals surface area contributed by atoms with Gasteiger partial charge in [-0.3, -0.25) is 0 Å². The van der Waals surface area contributed by atoms with Crippen molar-refractivity contribution in [3.8, 4) is 0 Å². The van der Waals surface area contributed by atoms with Gasteiger partial charge in [-0.15, -0.1) is 0 Å². The van der Waals surface area contributed by atoms with Crippen LogP contribution in [-0.2, 0) is 13.6 Å². The Labute approximate surface area is 140 Å². The molecule has 24 heavy (non-hydrogen) atoms. The van der Waals surface area contributed by atoms with Crippen LogP contribution in [0.2, 0.25) is 0 Å². The van der Waals surface area contributed by atoms with E-state index in [-0.39, 0.29) is 25.1 Å². The molecule has 8 heteroatoms. The van der Waals surface area contributed by atoms with E-state index in [0.717, 1.165) is 11.4 Å². The zero-order valence-electron chi connectivity index (χ0n) is 13.4. The van der Waals surface area contributed by atoms with Gasteiger partial charge in [-0.2, -0.15) is 0 Å². The number of halogens is 2. The van der Waals surface area contributed by atoms with E-state index in [1.807, 2.05) is 0 Å². The summed E-state index contributed by atoms with van der Waals surface area (Å²) in [4.78, 5) is 3.33. The minimum atomic E-state index is -2.32. The molecule has 0 N–H and O–H groups in total. The van der Waals surface area contributed by atoms with Gasteiger partial charge in [0, 0.05) is 30.0 Å². The Hall–Kier alpha value is -2.08. The van der Waals surface area contributed by atoms with Crippen LogP contribution in [0.15, 0.2) is 48.5 Å². The van der Waals surface area contributed by atoms with Gasteiger partial charge in [-0.1, -0.05) is 9.05 Å². The Bertz CT molecular complexity index is 611. The summed E-state index contributed by atoms with van der Waals surface area (Å²) in [6.45, 7) is 0.0577. The fraction of sp³-hybridized carbons (Fsp3) is 0.250. The van der Waals surface area contributed by atoms with E-state index in [1.54, 1.807) is 48.2 Å². The average Bonchev–Trinajstić information content (AvgIpc) is 2.58. The van der Waals surface area contributed by atoms with Crippen molar-refractivity contribution in [3.63, 3.8) is 0 Å². The van der Waals surface area contributed by atoms with Crippen LogP contribution in [-0.4, -0.2) is 27.6 Å². The van der Waals surface area contributed by atoms with Gasteiger partial charge in [-0.25, -0.2) is 8.78 Å². The van der Waals surface area contributed by atoms with Crippen LogP contribution in [0.4, 0.5) is 20.2 Å². The second-order valence-corrected chi connectivity index (χ2v) is 6.05. The first kappa shape index (κ1) is 18.3. The van der Waals surface area contributed by atoms with E-state index in [2.05, 4.69) is 0 Å². The van der Waals surface area contributed by atoms with Gasteiger partial charge in [0.2, 0.25) is 0 Å². The Kier molecular flexibility index (Phi) is 6.61. The van der Waals surface area contributed by atoms with E-state index in [1.165, 1.54) is 24.3 Å². The molecule has 0 aliphatic heterocycles. The molecule has 0 radical (unpaired) electrons. The fourth-order valence-electron chi connectivity index (χ4n) is 1.84. The Morgan fingerprint density at radius 1 is 0.792 bits per heavy atom. The standard InChI is InChI=1S/C16H18F2N2O3P/c1-19(15-7-3-13(17)4-8-15)11-22-24(21)23-12-20(2)16-9-5-14(18)6-10-16/h3-10H,11-12H2,1-2H3/q+1. The predicted octanol–water partition coefficient (Wildman–Crippen LogP) is 4.14. The van der Waals surface area contributed by atoms with Crippen LogP contribution in [0, 0.1) is 11.6 Å². The number of rotatable bonds is 8. The lowest BCUT2D eigenvalue weighted by molar-refractivity contribution is 0.229. The van der Waals surface area contributed by atoms with Crippen molar-refractivity contribution >= 4 is 19.6 Å². The van der Waals surface area contributed by atoms with Crippen molar-refractivity contribution in [2.24, 2.45) is 0 Å². The van der Waals surface area contributed by atoms with Crippen LogP contribution in [0.1, 0.15) is 0 Å². The van der Waals surface area contributed by atoms with Crippen molar-refractivity contribution in [3.05, 3.63) is 60.2 Å². The first-order valence-electron chi connectivity index (χ1n) is 7.12. The SMILES string of the molecule is CN(CO[P+](=O)OCN(C)c1ccc(F)cc1)c1ccc(F)cc1. The first-order valence-corrected chi connectivity index (χ1v) is 8.22.